The van der Waals surface area contributed by atoms with Gasteiger partial charge in [0.25, 0.3) is 11.5 Å². The molecular weight excluding hydrogens is 455 g/mol. The SMILES string of the molecule is CCNc1ccccc1[C@@H]1CNCCC12CCN(C(=O)[C@](OC)(c1ccccc1)C(F)(F)F)CC2. The average molecular weight is 490 g/mol. The minimum Gasteiger partial charge on any atom is -0.385 e. The van der Waals surface area contributed by atoms with Crippen LogP contribution in [0.1, 0.15) is 43.2 Å². The van der Waals surface area contributed by atoms with Crippen molar-refractivity contribution >= 4 is 11.6 Å². The van der Waals surface area contributed by atoms with E-state index in [2.05, 4.69) is 29.7 Å². The van der Waals surface area contributed by atoms with Gasteiger partial charge in [-0.25, -0.2) is 0 Å². The fraction of sp³-hybridized carbons (Fsp3) is 0.519. The number of benzene rings is 2. The molecule has 0 aromatic heterocycles. The summed E-state index contributed by atoms with van der Waals surface area (Å²) < 4.78 is 48.3. The first-order valence-corrected chi connectivity index (χ1v) is 12.3. The lowest BCUT2D eigenvalue weighted by Crippen LogP contribution is -2.59. The summed E-state index contributed by atoms with van der Waals surface area (Å²) in [4.78, 5) is 14.9. The summed E-state index contributed by atoms with van der Waals surface area (Å²) in [6, 6.07) is 15.5. The van der Waals surface area contributed by atoms with Crippen molar-refractivity contribution < 1.29 is 22.7 Å². The maximum atomic E-state index is 14.4. The molecule has 2 saturated heterocycles. The number of ether oxygens (including phenoxy) is 1. The number of alkyl halides is 3. The topological polar surface area (TPSA) is 53.6 Å². The lowest BCUT2D eigenvalue weighted by molar-refractivity contribution is -0.271. The molecule has 190 valence electrons. The van der Waals surface area contributed by atoms with E-state index in [0.717, 1.165) is 38.9 Å². The molecule has 2 N–H and O–H groups in total. The minimum absolute atomic E-state index is 0.0751. The van der Waals surface area contributed by atoms with Gasteiger partial charge in [0.05, 0.1) is 0 Å². The smallest absolute Gasteiger partial charge is 0.385 e. The summed E-state index contributed by atoms with van der Waals surface area (Å²) in [5.74, 6) is -0.820. The van der Waals surface area contributed by atoms with Crippen molar-refractivity contribution in [2.45, 2.75) is 43.9 Å². The van der Waals surface area contributed by atoms with Gasteiger partial charge in [-0.1, -0.05) is 48.5 Å². The van der Waals surface area contributed by atoms with Crippen molar-refractivity contribution in [2.24, 2.45) is 5.41 Å². The van der Waals surface area contributed by atoms with Gasteiger partial charge >= 0.3 is 6.18 Å². The van der Waals surface area contributed by atoms with Crippen LogP contribution in [0.25, 0.3) is 0 Å². The van der Waals surface area contributed by atoms with Crippen LogP contribution in [0.5, 0.6) is 0 Å². The number of carbonyl (C=O) groups excluding carboxylic acids is 1. The van der Waals surface area contributed by atoms with Crippen LogP contribution in [-0.2, 0) is 15.1 Å². The van der Waals surface area contributed by atoms with Crippen LogP contribution < -0.4 is 10.6 Å². The molecule has 0 unspecified atom stereocenters. The van der Waals surface area contributed by atoms with E-state index in [1.165, 1.54) is 34.7 Å². The largest absolute Gasteiger partial charge is 0.430 e. The van der Waals surface area contributed by atoms with Crippen LogP contribution in [0.15, 0.2) is 54.6 Å². The van der Waals surface area contributed by atoms with E-state index in [-0.39, 0.29) is 30.0 Å². The third-order valence-electron chi connectivity index (χ3n) is 7.82. The molecule has 0 radical (unpaired) electrons. The first kappa shape index (κ1) is 25.5. The molecule has 2 atom stereocenters. The number of hydrogen-bond acceptors (Lipinski definition) is 4. The van der Waals surface area contributed by atoms with Crippen molar-refractivity contribution in [3.63, 3.8) is 0 Å². The zero-order chi connectivity index (χ0) is 25.1. The molecule has 2 fully saturated rings. The Labute approximate surface area is 205 Å². The van der Waals surface area contributed by atoms with Gasteiger partial charge in [0, 0.05) is 50.5 Å². The second kappa shape index (κ2) is 10.2. The molecule has 2 aromatic rings. The van der Waals surface area contributed by atoms with Crippen molar-refractivity contribution in [3.05, 3.63) is 65.7 Å². The Morgan fingerprint density at radius 3 is 2.37 bits per heavy atom. The molecule has 2 aliphatic rings. The zero-order valence-electron chi connectivity index (χ0n) is 20.3. The van der Waals surface area contributed by atoms with Crippen LogP contribution in [-0.4, -0.2) is 56.8 Å². The molecule has 0 bridgehead atoms. The number of hydrogen-bond donors (Lipinski definition) is 2. The maximum Gasteiger partial charge on any atom is 0.430 e. The fourth-order valence-corrected chi connectivity index (χ4v) is 5.95. The average Bonchev–Trinajstić information content (AvgIpc) is 2.86. The predicted octanol–water partition coefficient (Wildman–Crippen LogP) is 4.91. The molecule has 0 saturated carbocycles. The third kappa shape index (κ3) is 4.54. The highest BCUT2D eigenvalue weighted by atomic mass is 19.4. The Bertz CT molecular complexity index is 1010. The second-order valence-corrected chi connectivity index (χ2v) is 9.53. The lowest BCUT2D eigenvalue weighted by atomic mass is 9.62. The minimum atomic E-state index is -4.89. The van der Waals surface area contributed by atoms with E-state index >= 15 is 0 Å². The van der Waals surface area contributed by atoms with E-state index in [9.17, 15) is 18.0 Å². The van der Waals surface area contributed by atoms with Crippen LogP contribution in [0.3, 0.4) is 0 Å². The van der Waals surface area contributed by atoms with Crippen molar-refractivity contribution in [1.29, 1.82) is 0 Å². The highest BCUT2D eigenvalue weighted by Crippen LogP contribution is 2.51. The number of amides is 1. The Kier molecular flexibility index (Phi) is 7.43. The van der Waals surface area contributed by atoms with Gasteiger partial charge < -0.3 is 20.3 Å². The van der Waals surface area contributed by atoms with Gasteiger partial charge in [0.1, 0.15) is 0 Å². The monoisotopic (exact) mass is 489 g/mol. The molecule has 2 aromatic carbocycles. The third-order valence-corrected chi connectivity index (χ3v) is 7.82. The highest BCUT2D eigenvalue weighted by Gasteiger charge is 2.64. The van der Waals surface area contributed by atoms with Crippen LogP contribution in [0.2, 0.25) is 0 Å². The number of halogens is 3. The Hall–Kier alpha value is -2.58. The molecule has 1 amide bonds. The molecule has 4 rings (SSSR count). The zero-order valence-corrected chi connectivity index (χ0v) is 20.3. The quantitative estimate of drug-likeness (QED) is 0.606. The number of rotatable bonds is 6. The number of nitrogens with one attached hydrogen (secondary N) is 2. The van der Waals surface area contributed by atoms with E-state index in [1.807, 2.05) is 12.1 Å². The molecule has 2 heterocycles. The van der Waals surface area contributed by atoms with Crippen LogP contribution in [0, 0.1) is 5.41 Å². The Balaban J connectivity index is 1.61. The summed E-state index contributed by atoms with van der Waals surface area (Å²) in [6.45, 7) is 5.08. The highest BCUT2D eigenvalue weighted by molar-refractivity contribution is 5.88. The molecule has 1 spiro atoms. The summed E-state index contributed by atoms with van der Waals surface area (Å²) in [7, 11) is 0.963. The molecule has 5 nitrogen and oxygen atoms in total. The molecule has 35 heavy (non-hydrogen) atoms. The van der Waals surface area contributed by atoms with Gasteiger partial charge in [-0.3, -0.25) is 4.79 Å². The van der Waals surface area contributed by atoms with E-state index in [0.29, 0.717) is 12.8 Å². The standard InChI is InChI=1S/C27H34F3N3O2/c1-3-32-23-12-8-7-11-21(23)22-19-31-16-13-25(22)14-17-33(18-15-25)24(34)26(35-2,27(28,29)30)20-9-5-4-6-10-20/h4-12,22,31-32H,3,13-19H2,1-2H3/t22-,26+/m0/s1. The number of anilines is 1. The number of nitrogens with zero attached hydrogens (tertiary/aromatic N) is 1. The molecular formula is C27H34F3N3O2. The second-order valence-electron chi connectivity index (χ2n) is 9.53. The number of piperidine rings is 2. The summed E-state index contributed by atoms with van der Waals surface area (Å²) >= 11 is 0. The lowest BCUT2D eigenvalue weighted by Gasteiger charge is -2.51. The molecule has 0 aliphatic carbocycles. The van der Waals surface area contributed by atoms with Crippen molar-refractivity contribution in [3.8, 4) is 0 Å². The fourth-order valence-electron chi connectivity index (χ4n) is 5.95. The van der Waals surface area contributed by atoms with Gasteiger partial charge in [-0.15, -0.1) is 0 Å². The number of carbonyl (C=O) groups is 1. The normalized spacial score (nSPS) is 22.0. The number of likely N-dealkylation sites (tertiary alicyclic amines) is 1. The Morgan fingerprint density at radius 1 is 1.09 bits per heavy atom. The van der Waals surface area contributed by atoms with Gasteiger partial charge in [-0.2, -0.15) is 13.2 Å². The molecule has 8 heteroatoms. The van der Waals surface area contributed by atoms with Gasteiger partial charge in [0.2, 0.25) is 0 Å². The van der Waals surface area contributed by atoms with Crippen molar-refractivity contribution in [2.75, 3.05) is 45.2 Å². The summed E-state index contributed by atoms with van der Waals surface area (Å²) in [5, 5.41) is 6.96. The number of para-hydroxylation sites is 1. The summed E-state index contributed by atoms with van der Waals surface area (Å²) in [5.41, 5.74) is -0.953. The number of methoxy groups -OCH3 is 1. The van der Waals surface area contributed by atoms with Gasteiger partial charge in [-0.05, 0) is 49.8 Å². The van der Waals surface area contributed by atoms with E-state index < -0.39 is 17.7 Å². The van der Waals surface area contributed by atoms with Crippen molar-refractivity contribution in [1.82, 2.24) is 10.2 Å². The first-order chi connectivity index (χ1) is 16.8. The first-order valence-electron chi connectivity index (χ1n) is 12.3. The van der Waals surface area contributed by atoms with E-state index in [4.69, 9.17) is 4.74 Å². The Morgan fingerprint density at radius 2 is 1.74 bits per heavy atom. The maximum absolute atomic E-state index is 14.4. The predicted molar refractivity (Wildman–Crippen MR) is 130 cm³/mol. The molecule has 2 aliphatic heterocycles. The van der Waals surface area contributed by atoms with Gasteiger partial charge in [0.15, 0.2) is 0 Å². The van der Waals surface area contributed by atoms with Crippen LogP contribution >= 0.6 is 0 Å². The summed E-state index contributed by atoms with van der Waals surface area (Å²) in [6.07, 6.45) is -2.67. The van der Waals surface area contributed by atoms with Crippen LogP contribution in [0.4, 0.5) is 18.9 Å². The van der Waals surface area contributed by atoms with E-state index in [1.54, 1.807) is 6.07 Å².